The van der Waals surface area contributed by atoms with Gasteiger partial charge in [0, 0.05) is 23.0 Å². The van der Waals surface area contributed by atoms with Crippen LogP contribution in [0.15, 0.2) is 60.2 Å². The van der Waals surface area contributed by atoms with Crippen molar-refractivity contribution >= 4 is 58.3 Å². The molecule has 4 rings (SSSR count). The maximum absolute atomic E-state index is 5.79. The normalized spacial score (nSPS) is 9.60. The Morgan fingerprint density at radius 3 is 2.72 bits per heavy atom. The molecule has 3 heterocycles. The second-order valence-electron chi connectivity index (χ2n) is 4.86. The first-order chi connectivity index (χ1) is 10.8. The highest BCUT2D eigenvalue weighted by Gasteiger charge is 2.09. The fourth-order valence-electron chi connectivity index (χ4n) is 2.31. The van der Waals surface area contributed by atoms with Crippen molar-refractivity contribution < 1.29 is 5.48 Å². The van der Waals surface area contributed by atoms with E-state index in [4.69, 9.17) is 5.73 Å². The third-order valence-corrected chi connectivity index (χ3v) is 4.08. The highest BCUT2D eigenvalue weighted by atomic mass is 35.5. The number of aromatic nitrogens is 3. The summed E-state index contributed by atoms with van der Waals surface area (Å²) in [6.07, 6.45) is 3.83. The van der Waals surface area contributed by atoms with E-state index in [2.05, 4.69) is 15.3 Å². The monoisotopic (exact) mass is 397 g/mol. The first-order valence-electron chi connectivity index (χ1n) is 6.80. The number of nitrogens with one attached hydrogen (secondary N) is 1. The van der Waals surface area contributed by atoms with Crippen molar-refractivity contribution in [2.45, 2.75) is 0 Å². The molecule has 0 atom stereocenters. The first-order valence-corrected chi connectivity index (χ1v) is 7.68. The van der Waals surface area contributed by atoms with Crippen molar-refractivity contribution in [2.24, 2.45) is 0 Å². The lowest BCUT2D eigenvalue weighted by Crippen LogP contribution is -1.92. The number of benzene rings is 1. The smallest absolute Gasteiger partial charge is 0.187 e. The van der Waals surface area contributed by atoms with Crippen LogP contribution in [0.1, 0.15) is 0 Å². The molecule has 0 unspecified atom stereocenters. The second kappa shape index (κ2) is 8.68. The quantitative estimate of drug-likeness (QED) is 0.513. The zero-order valence-electron chi connectivity index (χ0n) is 12.9. The molecule has 6 nitrogen and oxygen atoms in total. The number of rotatable bonds is 3. The molecule has 0 spiro atoms. The summed E-state index contributed by atoms with van der Waals surface area (Å²) in [5, 5.41) is 6.12. The Labute approximate surface area is 160 Å². The minimum Gasteiger partial charge on any atom is -0.412 e. The molecule has 0 aliphatic rings. The Kier molecular flexibility index (Phi) is 7.20. The molecule has 3 aromatic heterocycles. The van der Waals surface area contributed by atoms with Crippen LogP contribution in [0.3, 0.4) is 0 Å². The van der Waals surface area contributed by atoms with E-state index in [1.54, 1.807) is 11.3 Å². The molecule has 0 radical (unpaired) electrons. The minimum atomic E-state index is 0. The van der Waals surface area contributed by atoms with Gasteiger partial charge in [0.2, 0.25) is 0 Å². The number of anilines is 3. The summed E-state index contributed by atoms with van der Waals surface area (Å²) in [5.74, 6) is 0. The van der Waals surface area contributed by atoms with E-state index in [0.29, 0.717) is 0 Å². The average Bonchev–Trinajstić information content (AvgIpc) is 3.13. The van der Waals surface area contributed by atoms with Crippen molar-refractivity contribution in [1.29, 1.82) is 0 Å². The summed E-state index contributed by atoms with van der Waals surface area (Å²) >= 11 is 1.55. The third-order valence-electron chi connectivity index (χ3n) is 3.32. The van der Waals surface area contributed by atoms with E-state index in [1.807, 2.05) is 64.6 Å². The number of nitrogen functional groups attached to an aromatic ring is 1. The predicted octanol–water partition coefficient (Wildman–Crippen LogP) is 3.80. The number of halogens is 2. The summed E-state index contributed by atoms with van der Waals surface area (Å²) in [7, 11) is 0. The topological polar surface area (TPSA) is 99.7 Å². The van der Waals surface area contributed by atoms with Gasteiger partial charge in [-0.25, -0.2) is 9.97 Å². The molecule has 0 amide bonds. The van der Waals surface area contributed by atoms with Gasteiger partial charge in [0.25, 0.3) is 0 Å². The highest BCUT2D eigenvalue weighted by Crippen LogP contribution is 2.28. The Bertz CT molecular complexity index is 956. The highest BCUT2D eigenvalue weighted by molar-refractivity contribution is 7.14. The van der Waals surface area contributed by atoms with E-state index < -0.39 is 0 Å². The molecule has 4 aromatic rings. The van der Waals surface area contributed by atoms with Gasteiger partial charge in [0.05, 0.1) is 11.9 Å². The third kappa shape index (κ3) is 4.21. The van der Waals surface area contributed by atoms with Crippen LogP contribution in [-0.4, -0.2) is 19.8 Å². The standard InChI is InChI=1S/C16H13N5S.2ClH.H2O/c17-11-4-3-5-12(8-11)19-16-20-13(10-22-16)14-9-18-15-6-1-2-7-21(14)15;;;/h1-10H,17H2,(H,19,20);2*1H;1H2. The van der Waals surface area contributed by atoms with Crippen LogP contribution in [0.4, 0.5) is 16.5 Å². The Morgan fingerprint density at radius 1 is 1.08 bits per heavy atom. The summed E-state index contributed by atoms with van der Waals surface area (Å²) in [5.41, 5.74) is 10.2. The lowest BCUT2D eigenvalue weighted by molar-refractivity contribution is 0.824. The van der Waals surface area contributed by atoms with Crippen molar-refractivity contribution in [2.75, 3.05) is 11.1 Å². The van der Waals surface area contributed by atoms with Crippen molar-refractivity contribution in [3.8, 4) is 11.4 Å². The van der Waals surface area contributed by atoms with Crippen LogP contribution in [0.2, 0.25) is 0 Å². The second-order valence-corrected chi connectivity index (χ2v) is 5.72. The zero-order chi connectivity index (χ0) is 14.9. The van der Waals surface area contributed by atoms with Crippen LogP contribution >= 0.6 is 36.2 Å². The van der Waals surface area contributed by atoms with E-state index in [-0.39, 0.29) is 30.3 Å². The SMILES string of the molecule is Cl.Cl.Nc1cccc(Nc2nc(-c3cnc4ccccn34)cs2)c1.O. The molecule has 0 bridgehead atoms. The fourth-order valence-corrected chi connectivity index (χ4v) is 3.04. The van der Waals surface area contributed by atoms with Crippen LogP contribution in [0.5, 0.6) is 0 Å². The molecule has 0 saturated carbocycles. The van der Waals surface area contributed by atoms with Gasteiger partial charge in [-0.2, -0.15) is 0 Å². The van der Waals surface area contributed by atoms with Crippen molar-refractivity contribution in [3.63, 3.8) is 0 Å². The summed E-state index contributed by atoms with van der Waals surface area (Å²) in [6, 6.07) is 13.5. The molecule has 0 aliphatic heterocycles. The molecule has 0 saturated heterocycles. The van der Waals surface area contributed by atoms with E-state index >= 15 is 0 Å². The van der Waals surface area contributed by atoms with Crippen LogP contribution in [-0.2, 0) is 0 Å². The molecule has 132 valence electrons. The molecular formula is C16H17Cl2N5OS. The summed E-state index contributed by atoms with van der Waals surface area (Å²) < 4.78 is 2.03. The number of thiazole rings is 1. The van der Waals surface area contributed by atoms with Gasteiger partial charge in [-0.05, 0) is 30.3 Å². The number of hydrogen-bond donors (Lipinski definition) is 2. The molecular weight excluding hydrogens is 381 g/mol. The minimum absolute atomic E-state index is 0. The Morgan fingerprint density at radius 2 is 1.92 bits per heavy atom. The zero-order valence-corrected chi connectivity index (χ0v) is 15.4. The molecule has 25 heavy (non-hydrogen) atoms. The van der Waals surface area contributed by atoms with Crippen molar-refractivity contribution in [1.82, 2.24) is 14.4 Å². The average molecular weight is 398 g/mol. The molecule has 1 aromatic carbocycles. The van der Waals surface area contributed by atoms with Gasteiger partial charge in [0.15, 0.2) is 5.13 Å². The largest absolute Gasteiger partial charge is 0.412 e. The van der Waals surface area contributed by atoms with Gasteiger partial charge in [-0.15, -0.1) is 36.2 Å². The van der Waals surface area contributed by atoms with E-state index in [0.717, 1.165) is 33.5 Å². The maximum Gasteiger partial charge on any atom is 0.187 e. The molecule has 0 fully saturated rings. The predicted molar refractivity (Wildman–Crippen MR) is 109 cm³/mol. The van der Waals surface area contributed by atoms with Crippen LogP contribution in [0.25, 0.3) is 17.0 Å². The number of imidazole rings is 1. The number of nitrogens with zero attached hydrogens (tertiary/aromatic N) is 3. The van der Waals surface area contributed by atoms with Crippen LogP contribution in [0, 0.1) is 0 Å². The fraction of sp³-hybridized carbons (Fsp3) is 0. The van der Waals surface area contributed by atoms with E-state index in [1.165, 1.54) is 0 Å². The lowest BCUT2D eigenvalue weighted by atomic mass is 10.3. The van der Waals surface area contributed by atoms with Gasteiger partial charge in [-0.1, -0.05) is 12.1 Å². The lowest BCUT2D eigenvalue weighted by Gasteiger charge is -2.02. The van der Waals surface area contributed by atoms with E-state index in [9.17, 15) is 0 Å². The first kappa shape index (κ1) is 20.7. The van der Waals surface area contributed by atoms with Gasteiger partial charge in [-0.3, -0.25) is 4.40 Å². The Hall–Kier alpha value is -2.32. The number of pyridine rings is 1. The van der Waals surface area contributed by atoms with Gasteiger partial charge in [0.1, 0.15) is 11.3 Å². The van der Waals surface area contributed by atoms with Gasteiger partial charge >= 0.3 is 0 Å². The number of hydrogen-bond acceptors (Lipinski definition) is 5. The summed E-state index contributed by atoms with van der Waals surface area (Å²) in [6.45, 7) is 0. The van der Waals surface area contributed by atoms with Crippen LogP contribution < -0.4 is 11.1 Å². The molecule has 0 aliphatic carbocycles. The Balaban J connectivity index is 0.00000104. The molecule has 9 heteroatoms. The maximum atomic E-state index is 5.79. The summed E-state index contributed by atoms with van der Waals surface area (Å²) in [4.78, 5) is 9.02. The molecule has 5 N–H and O–H groups in total. The number of fused-ring (bicyclic) bond motifs is 1. The van der Waals surface area contributed by atoms with Gasteiger partial charge < -0.3 is 16.5 Å². The van der Waals surface area contributed by atoms with Crippen molar-refractivity contribution in [3.05, 3.63) is 60.2 Å². The number of nitrogens with two attached hydrogens (primary N) is 1.